The molecule has 0 aliphatic heterocycles. The van der Waals surface area contributed by atoms with E-state index in [4.69, 9.17) is 10.5 Å². The van der Waals surface area contributed by atoms with Crippen LogP contribution in [0.3, 0.4) is 0 Å². The number of nitrogens with one attached hydrogen (secondary N) is 1. The van der Waals surface area contributed by atoms with Crippen LogP contribution in [0, 0.1) is 6.92 Å². The van der Waals surface area contributed by atoms with Gasteiger partial charge in [0.15, 0.2) is 0 Å². The molecular weight excluding hydrogens is 204 g/mol. The van der Waals surface area contributed by atoms with E-state index in [1.165, 1.54) is 0 Å². The average molecular weight is 222 g/mol. The Hall–Kier alpha value is -1.55. The number of primary amides is 1. The van der Waals surface area contributed by atoms with E-state index >= 15 is 0 Å². The summed E-state index contributed by atoms with van der Waals surface area (Å²) in [7, 11) is 0. The highest BCUT2D eigenvalue weighted by Gasteiger charge is 2.01. The molecule has 0 saturated carbocycles. The van der Waals surface area contributed by atoms with E-state index in [1.54, 1.807) is 0 Å². The highest BCUT2D eigenvalue weighted by Crippen LogP contribution is 2.18. The summed E-state index contributed by atoms with van der Waals surface area (Å²) in [5.41, 5.74) is 7.24. The largest absolute Gasteiger partial charge is 0.494 e. The number of carbonyl (C=O) groups is 1. The van der Waals surface area contributed by atoms with Crippen molar-refractivity contribution in [3.63, 3.8) is 0 Å². The third-order valence-electron chi connectivity index (χ3n) is 2.17. The Morgan fingerprint density at radius 2 is 2.25 bits per heavy atom. The zero-order valence-corrected chi connectivity index (χ0v) is 9.75. The van der Waals surface area contributed by atoms with Crippen LogP contribution < -0.4 is 15.8 Å². The molecule has 88 valence electrons. The first kappa shape index (κ1) is 12.5. The Kier molecular flexibility index (Phi) is 4.79. The summed E-state index contributed by atoms with van der Waals surface area (Å²) in [4.78, 5) is 10.5. The summed E-state index contributed by atoms with van der Waals surface area (Å²) in [6.45, 7) is 5.47. The first-order valence-electron chi connectivity index (χ1n) is 5.34. The van der Waals surface area contributed by atoms with Gasteiger partial charge in [-0.25, -0.2) is 0 Å². The molecule has 1 rings (SSSR count). The van der Waals surface area contributed by atoms with Crippen LogP contribution >= 0.6 is 0 Å². The molecule has 0 atom stereocenters. The van der Waals surface area contributed by atoms with Gasteiger partial charge in [-0.1, -0.05) is 12.1 Å². The molecule has 0 unspecified atom stereocenters. The van der Waals surface area contributed by atoms with Crippen molar-refractivity contribution in [3.8, 4) is 5.75 Å². The zero-order valence-electron chi connectivity index (χ0n) is 9.75. The fraction of sp³-hybridized carbons (Fsp3) is 0.417. The smallest absolute Gasteiger partial charge is 0.231 e. The predicted molar refractivity (Wildman–Crippen MR) is 63.2 cm³/mol. The standard InChI is InChI=1S/C12H18N2O2/c1-3-16-11-5-4-10(6-9(11)2)7-14-8-12(13)15/h4-6,14H,3,7-8H2,1-2H3,(H2,13,15). The number of aryl methyl sites for hydroxylation is 1. The van der Waals surface area contributed by atoms with E-state index in [0.717, 1.165) is 16.9 Å². The van der Waals surface area contributed by atoms with Crippen LogP contribution in [-0.4, -0.2) is 19.1 Å². The molecule has 1 amide bonds. The molecule has 0 spiro atoms. The van der Waals surface area contributed by atoms with Gasteiger partial charge in [-0.15, -0.1) is 0 Å². The maximum absolute atomic E-state index is 10.5. The third-order valence-corrected chi connectivity index (χ3v) is 2.17. The molecule has 0 heterocycles. The van der Waals surface area contributed by atoms with Crippen molar-refractivity contribution < 1.29 is 9.53 Å². The molecular formula is C12H18N2O2. The number of hydrogen-bond donors (Lipinski definition) is 2. The number of carbonyl (C=O) groups excluding carboxylic acids is 1. The molecule has 4 nitrogen and oxygen atoms in total. The molecule has 16 heavy (non-hydrogen) atoms. The van der Waals surface area contributed by atoms with Gasteiger partial charge in [-0.2, -0.15) is 0 Å². The van der Waals surface area contributed by atoms with E-state index in [-0.39, 0.29) is 12.5 Å². The average Bonchev–Trinajstić information content (AvgIpc) is 2.21. The van der Waals surface area contributed by atoms with Gasteiger partial charge in [-0.3, -0.25) is 4.79 Å². The molecule has 0 fully saturated rings. The SMILES string of the molecule is CCOc1ccc(CNCC(N)=O)cc1C. The summed E-state index contributed by atoms with van der Waals surface area (Å²) >= 11 is 0. The molecule has 0 aromatic heterocycles. The minimum atomic E-state index is -0.345. The third kappa shape index (κ3) is 3.90. The Labute approximate surface area is 95.8 Å². The van der Waals surface area contributed by atoms with Crippen molar-refractivity contribution in [1.29, 1.82) is 0 Å². The lowest BCUT2D eigenvalue weighted by Crippen LogP contribution is -2.28. The predicted octanol–water partition coefficient (Wildman–Crippen LogP) is 0.969. The first-order valence-corrected chi connectivity index (χ1v) is 5.34. The lowest BCUT2D eigenvalue weighted by Gasteiger charge is -2.09. The summed E-state index contributed by atoms with van der Waals surface area (Å²) < 4.78 is 5.44. The lowest BCUT2D eigenvalue weighted by atomic mass is 10.1. The van der Waals surface area contributed by atoms with E-state index in [2.05, 4.69) is 5.32 Å². The maximum Gasteiger partial charge on any atom is 0.231 e. The monoisotopic (exact) mass is 222 g/mol. The second-order valence-corrected chi connectivity index (χ2v) is 3.60. The van der Waals surface area contributed by atoms with Gasteiger partial charge in [0.25, 0.3) is 0 Å². The Balaban J connectivity index is 2.55. The van der Waals surface area contributed by atoms with Crippen molar-refractivity contribution >= 4 is 5.91 Å². The van der Waals surface area contributed by atoms with Crippen LogP contribution in [0.4, 0.5) is 0 Å². The number of hydrogen-bond acceptors (Lipinski definition) is 3. The molecule has 1 aromatic rings. The molecule has 4 heteroatoms. The van der Waals surface area contributed by atoms with E-state index in [9.17, 15) is 4.79 Å². The van der Waals surface area contributed by atoms with Gasteiger partial charge in [0.2, 0.25) is 5.91 Å². The fourth-order valence-corrected chi connectivity index (χ4v) is 1.47. The summed E-state index contributed by atoms with van der Waals surface area (Å²) in [6.07, 6.45) is 0. The van der Waals surface area contributed by atoms with Gasteiger partial charge in [0.05, 0.1) is 13.2 Å². The summed E-state index contributed by atoms with van der Waals surface area (Å²) in [6, 6.07) is 5.96. The minimum absolute atomic E-state index is 0.201. The topological polar surface area (TPSA) is 64.3 Å². The van der Waals surface area contributed by atoms with E-state index in [0.29, 0.717) is 13.2 Å². The lowest BCUT2D eigenvalue weighted by molar-refractivity contribution is -0.117. The van der Waals surface area contributed by atoms with Crippen LogP contribution in [0.15, 0.2) is 18.2 Å². The van der Waals surface area contributed by atoms with Crippen molar-refractivity contribution in [1.82, 2.24) is 5.32 Å². The quantitative estimate of drug-likeness (QED) is 0.753. The molecule has 0 radical (unpaired) electrons. The Bertz CT molecular complexity index is 364. The van der Waals surface area contributed by atoms with Crippen LogP contribution in [0.5, 0.6) is 5.75 Å². The molecule has 0 bridgehead atoms. The van der Waals surface area contributed by atoms with Crippen molar-refractivity contribution in [2.45, 2.75) is 20.4 Å². The number of ether oxygens (including phenoxy) is 1. The van der Waals surface area contributed by atoms with Crippen LogP contribution in [0.1, 0.15) is 18.1 Å². The van der Waals surface area contributed by atoms with Gasteiger partial charge < -0.3 is 15.8 Å². The second-order valence-electron chi connectivity index (χ2n) is 3.60. The summed E-state index contributed by atoms with van der Waals surface area (Å²) in [5, 5.41) is 2.96. The first-order chi connectivity index (χ1) is 7.63. The van der Waals surface area contributed by atoms with Gasteiger partial charge in [0, 0.05) is 6.54 Å². The Morgan fingerprint density at radius 1 is 1.50 bits per heavy atom. The summed E-state index contributed by atoms with van der Waals surface area (Å²) in [5.74, 6) is 0.559. The van der Waals surface area contributed by atoms with Crippen molar-refractivity contribution in [2.75, 3.05) is 13.2 Å². The number of nitrogens with two attached hydrogens (primary N) is 1. The van der Waals surface area contributed by atoms with Crippen LogP contribution in [0.2, 0.25) is 0 Å². The van der Waals surface area contributed by atoms with Crippen molar-refractivity contribution in [2.24, 2.45) is 5.73 Å². The minimum Gasteiger partial charge on any atom is -0.494 e. The molecule has 0 saturated heterocycles. The molecule has 0 aliphatic carbocycles. The second kappa shape index (κ2) is 6.12. The van der Waals surface area contributed by atoms with Gasteiger partial charge in [0.1, 0.15) is 5.75 Å². The Morgan fingerprint density at radius 3 is 2.81 bits per heavy atom. The number of amides is 1. The van der Waals surface area contributed by atoms with Crippen molar-refractivity contribution in [3.05, 3.63) is 29.3 Å². The van der Waals surface area contributed by atoms with Crippen LogP contribution in [0.25, 0.3) is 0 Å². The number of rotatable bonds is 6. The molecule has 0 aliphatic rings. The van der Waals surface area contributed by atoms with Crippen LogP contribution in [-0.2, 0) is 11.3 Å². The zero-order chi connectivity index (χ0) is 12.0. The van der Waals surface area contributed by atoms with Gasteiger partial charge >= 0.3 is 0 Å². The highest BCUT2D eigenvalue weighted by atomic mass is 16.5. The fourth-order valence-electron chi connectivity index (χ4n) is 1.47. The van der Waals surface area contributed by atoms with E-state index in [1.807, 2.05) is 32.0 Å². The normalized spacial score (nSPS) is 10.1. The van der Waals surface area contributed by atoms with Gasteiger partial charge in [-0.05, 0) is 31.0 Å². The molecule has 1 aromatic carbocycles. The number of benzene rings is 1. The van der Waals surface area contributed by atoms with E-state index < -0.39 is 0 Å². The molecule has 3 N–H and O–H groups in total. The maximum atomic E-state index is 10.5. The highest BCUT2D eigenvalue weighted by molar-refractivity contribution is 5.75.